The van der Waals surface area contributed by atoms with Crippen molar-refractivity contribution >= 4 is 27.6 Å². The van der Waals surface area contributed by atoms with Gasteiger partial charge in [0, 0.05) is 16.6 Å². The van der Waals surface area contributed by atoms with Crippen LogP contribution in [0, 0.1) is 15.9 Å². The molecule has 0 saturated heterocycles. The minimum absolute atomic E-state index is 0.102. The summed E-state index contributed by atoms with van der Waals surface area (Å²) in [6, 6.07) is 9.75. The van der Waals surface area contributed by atoms with E-state index in [1.807, 2.05) is 0 Å². The predicted molar refractivity (Wildman–Crippen MR) is 81.0 cm³/mol. The Hall–Kier alpha value is -2.28. The maximum absolute atomic E-state index is 13.7. The van der Waals surface area contributed by atoms with Crippen LogP contribution in [0.25, 0.3) is 0 Å². The SMILES string of the molecule is C[C@@H](OC(=O)c1ccc(Br)cc1F)c1cccc([N+](=O)[O-])c1. The van der Waals surface area contributed by atoms with Crippen molar-refractivity contribution in [3.63, 3.8) is 0 Å². The number of carbonyl (C=O) groups is 1. The van der Waals surface area contributed by atoms with Gasteiger partial charge in [-0.25, -0.2) is 9.18 Å². The van der Waals surface area contributed by atoms with Gasteiger partial charge in [-0.1, -0.05) is 28.1 Å². The quantitative estimate of drug-likeness (QED) is 0.455. The number of ether oxygens (including phenoxy) is 1. The van der Waals surface area contributed by atoms with E-state index in [2.05, 4.69) is 15.9 Å². The summed E-state index contributed by atoms with van der Waals surface area (Å²) < 4.78 is 19.4. The molecule has 0 aromatic heterocycles. The smallest absolute Gasteiger partial charge is 0.341 e. The summed E-state index contributed by atoms with van der Waals surface area (Å²) in [6.45, 7) is 1.56. The molecule has 0 amide bonds. The summed E-state index contributed by atoms with van der Waals surface area (Å²) in [5.41, 5.74) is 0.163. The number of benzene rings is 2. The Morgan fingerprint density at radius 1 is 1.32 bits per heavy atom. The fraction of sp³-hybridized carbons (Fsp3) is 0.133. The Balaban J connectivity index is 2.17. The van der Waals surface area contributed by atoms with E-state index in [1.165, 1.54) is 30.3 Å². The second-order valence-corrected chi connectivity index (χ2v) is 5.44. The van der Waals surface area contributed by atoms with E-state index in [1.54, 1.807) is 13.0 Å². The number of non-ortho nitro benzene ring substituents is 1. The summed E-state index contributed by atoms with van der Waals surface area (Å²) >= 11 is 3.10. The molecule has 0 bridgehead atoms. The largest absolute Gasteiger partial charge is 0.454 e. The first-order chi connectivity index (χ1) is 10.4. The van der Waals surface area contributed by atoms with Gasteiger partial charge in [-0.2, -0.15) is 0 Å². The first-order valence-electron chi connectivity index (χ1n) is 6.29. The summed E-state index contributed by atoms with van der Waals surface area (Å²) in [7, 11) is 0. The van der Waals surface area contributed by atoms with Crippen molar-refractivity contribution in [2.24, 2.45) is 0 Å². The third-order valence-corrected chi connectivity index (χ3v) is 3.48. The number of nitrogens with zero attached hydrogens (tertiary/aromatic N) is 1. The van der Waals surface area contributed by atoms with Crippen molar-refractivity contribution in [2.75, 3.05) is 0 Å². The average Bonchev–Trinajstić information content (AvgIpc) is 2.47. The summed E-state index contributed by atoms with van der Waals surface area (Å²) in [5.74, 6) is -1.53. The lowest BCUT2D eigenvalue weighted by Gasteiger charge is -2.14. The number of nitro benzene ring substituents is 1. The van der Waals surface area contributed by atoms with Crippen LogP contribution in [0.1, 0.15) is 28.9 Å². The van der Waals surface area contributed by atoms with Crippen molar-refractivity contribution in [3.8, 4) is 0 Å². The lowest BCUT2D eigenvalue weighted by molar-refractivity contribution is -0.385. The molecule has 1 atom stereocenters. The molecule has 0 saturated carbocycles. The Labute approximate surface area is 134 Å². The Morgan fingerprint density at radius 3 is 2.68 bits per heavy atom. The molecule has 22 heavy (non-hydrogen) atoms. The van der Waals surface area contributed by atoms with E-state index in [-0.39, 0.29) is 11.3 Å². The van der Waals surface area contributed by atoms with Gasteiger partial charge in [0.05, 0.1) is 10.5 Å². The molecule has 0 aliphatic carbocycles. The number of halogens is 2. The highest BCUT2D eigenvalue weighted by Gasteiger charge is 2.18. The molecule has 0 unspecified atom stereocenters. The normalized spacial score (nSPS) is 11.8. The van der Waals surface area contributed by atoms with Crippen LogP contribution in [0.15, 0.2) is 46.9 Å². The molecule has 2 rings (SSSR count). The van der Waals surface area contributed by atoms with Gasteiger partial charge in [-0.15, -0.1) is 0 Å². The molecule has 0 radical (unpaired) electrons. The van der Waals surface area contributed by atoms with Crippen molar-refractivity contribution in [2.45, 2.75) is 13.0 Å². The van der Waals surface area contributed by atoms with E-state index in [0.29, 0.717) is 10.0 Å². The molecular formula is C15H11BrFNO4. The van der Waals surface area contributed by atoms with E-state index in [4.69, 9.17) is 4.74 Å². The molecule has 0 fully saturated rings. The lowest BCUT2D eigenvalue weighted by Crippen LogP contribution is -2.11. The molecule has 0 aliphatic rings. The van der Waals surface area contributed by atoms with Crippen LogP contribution in [0.3, 0.4) is 0 Å². The average molecular weight is 368 g/mol. The van der Waals surface area contributed by atoms with Crippen LogP contribution in [-0.4, -0.2) is 10.9 Å². The molecule has 0 N–H and O–H groups in total. The molecule has 0 aliphatic heterocycles. The Kier molecular flexibility index (Phi) is 4.87. The number of hydrogen-bond acceptors (Lipinski definition) is 4. The van der Waals surface area contributed by atoms with Crippen molar-refractivity contribution < 1.29 is 18.8 Å². The molecule has 7 heteroatoms. The van der Waals surface area contributed by atoms with Crippen LogP contribution in [0.4, 0.5) is 10.1 Å². The first kappa shape index (κ1) is 16.1. The Morgan fingerprint density at radius 2 is 2.05 bits per heavy atom. The lowest BCUT2D eigenvalue weighted by atomic mass is 10.1. The van der Waals surface area contributed by atoms with E-state index < -0.39 is 22.8 Å². The van der Waals surface area contributed by atoms with E-state index in [9.17, 15) is 19.3 Å². The standard InChI is InChI=1S/C15H11BrFNO4/c1-9(10-3-2-4-12(7-10)18(20)21)22-15(19)13-6-5-11(16)8-14(13)17/h2-9H,1H3/t9-/m1/s1. The molecule has 114 valence electrons. The van der Waals surface area contributed by atoms with Crippen LogP contribution in [0.5, 0.6) is 0 Å². The molecule has 2 aromatic rings. The maximum Gasteiger partial charge on any atom is 0.341 e. The zero-order valence-corrected chi connectivity index (χ0v) is 13.0. The maximum atomic E-state index is 13.7. The minimum atomic E-state index is -0.830. The van der Waals surface area contributed by atoms with E-state index in [0.717, 1.165) is 6.07 Å². The summed E-state index contributed by atoms with van der Waals surface area (Å²) in [5, 5.41) is 10.7. The van der Waals surface area contributed by atoms with Crippen molar-refractivity contribution in [3.05, 3.63) is 74.0 Å². The monoisotopic (exact) mass is 367 g/mol. The van der Waals surface area contributed by atoms with E-state index >= 15 is 0 Å². The van der Waals surface area contributed by atoms with Crippen LogP contribution >= 0.6 is 15.9 Å². The molecular weight excluding hydrogens is 357 g/mol. The molecule has 2 aromatic carbocycles. The molecule has 0 spiro atoms. The molecule has 5 nitrogen and oxygen atoms in total. The number of esters is 1. The topological polar surface area (TPSA) is 69.4 Å². The Bertz CT molecular complexity index is 735. The second kappa shape index (κ2) is 6.65. The van der Waals surface area contributed by atoms with Gasteiger partial charge in [-0.05, 0) is 30.7 Å². The molecule has 0 heterocycles. The van der Waals surface area contributed by atoms with Crippen molar-refractivity contribution in [1.29, 1.82) is 0 Å². The third-order valence-electron chi connectivity index (χ3n) is 2.99. The third kappa shape index (κ3) is 3.67. The van der Waals surface area contributed by atoms with Gasteiger partial charge >= 0.3 is 5.97 Å². The van der Waals surface area contributed by atoms with Crippen LogP contribution < -0.4 is 0 Å². The zero-order valence-electron chi connectivity index (χ0n) is 11.5. The first-order valence-corrected chi connectivity index (χ1v) is 7.08. The van der Waals surface area contributed by atoms with Crippen LogP contribution in [-0.2, 0) is 4.74 Å². The summed E-state index contributed by atoms with van der Waals surface area (Å²) in [6.07, 6.45) is -0.740. The van der Waals surface area contributed by atoms with Gasteiger partial charge < -0.3 is 4.74 Å². The number of hydrogen-bond donors (Lipinski definition) is 0. The van der Waals surface area contributed by atoms with Gasteiger partial charge in [0.2, 0.25) is 0 Å². The summed E-state index contributed by atoms with van der Waals surface area (Å²) in [4.78, 5) is 22.2. The highest BCUT2D eigenvalue weighted by molar-refractivity contribution is 9.10. The fourth-order valence-electron chi connectivity index (χ4n) is 1.84. The fourth-order valence-corrected chi connectivity index (χ4v) is 2.17. The van der Waals surface area contributed by atoms with Gasteiger partial charge in [-0.3, -0.25) is 10.1 Å². The second-order valence-electron chi connectivity index (χ2n) is 4.52. The van der Waals surface area contributed by atoms with Gasteiger partial charge in [0.1, 0.15) is 11.9 Å². The van der Waals surface area contributed by atoms with Crippen molar-refractivity contribution in [1.82, 2.24) is 0 Å². The zero-order chi connectivity index (χ0) is 16.3. The number of nitro groups is 1. The predicted octanol–water partition coefficient (Wildman–Crippen LogP) is 4.41. The number of rotatable bonds is 4. The van der Waals surface area contributed by atoms with Gasteiger partial charge in [0.15, 0.2) is 0 Å². The highest BCUT2D eigenvalue weighted by atomic mass is 79.9. The van der Waals surface area contributed by atoms with Crippen LogP contribution in [0.2, 0.25) is 0 Å². The highest BCUT2D eigenvalue weighted by Crippen LogP contribution is 2.24. The number of carbonyl (C=O) groups excluding carboxylic acids is 1. The van der Waals surface area contributed by atoms with Gasteiger partial charge in [0.25, 0.3) is 5.69 Å². The minimum Gasteiger partial charge on any atom is -0.454 e.